The summed E-state index contributed by atoms with van der Waals surface area (Å²) < 4.78 is 10.9. The molecule has 0 saturated carbocycles. The van der Waals surface area contributed by atoms with Crippen molar-refractivity contribution in [2.24, 2.45) is 0 Å². The average molecular weight is 766 g/mol. The zero-order valence-corrected chi connectivity index (χ0v) is 33.1. The molecule has 56 heavy (non-hydrogen) atoms. The number of unbranched alkanes of at least 4 members (excludes halogenated alkanes) is 4. The van der Waals surface area contributed by atoms with Crippen LogP contribution in [-0.4, -0.2) is 77.7 Å². The van der Waals surface area contributed by atoms with E-state index in [1.165, 1.54) is 32.8 Å². The molecule has 12 heteroatoms. The van der Waals surface area contributed by atoms with Gasteiger partial charge in [-0.3, -0.25) is 19.2 Å². The molecule has 1 heterocycles. The highest BCUT2D eigenvalue weighted by molar-refractivity contribution is 5.99. The zero-order chi connectivity index (χ0) is 40.5. The topological polar surface area (TPSA) is 169 Å². The molecule has 0 aliphatic carbocycles. The van der Waals surface area contributed by atoms with Crippen LogP contribution in [0.15, 0.2) is 85.2 Å². The Morgan fingerprint density at radius 1 is 0.732 bits per heavy atom. The van der Waals surface area contributed by atoms with Crippen LogP contribution in [0, 0.1) is 0 Å². The lowest BCUT2D eigenvalue weighted by Gasteiger charge is -2.23. The van der Waals surface area contributed by atoms with Crippen molar-refractivity contribution >= 4 is 23.7 Å². The van der Waals surface area contributed by atoms with Crippen molar-refractivity contribution in [3.63, 3.8) is 0 Å². The van der Waals surface area contributed by atoms with Gasteiger partial charge in [-0.2, -0.15) is 0 Å². The molecule has 4 aromatic rings. The lowest BCUT2D eigenvalue weighted by Crippen LogP contribution is -2.55. The van der Waals surface area contributed by atoms with Gasteiger partial charge in [-0.05, 0) is 52.8 Å². The Labute approximate surface area is 329 Å². The molecular formula is C44H55N5O7. The molecule has 3 amide bonds. The summed E-state index contributed by atoms with van der Waals surface area (Å²) in [5, 5.41) is 17.4. The van der Waals surface area contributed by atoms with Crippen LogP contribution >= 0.6 is 0 Å². The maximum atomic E-state index is 13.7. The Morgan fingerprint density at radius 3 is 1.98 bits per heavy atom. The van der Waals surface area contributed by atoms with Crippen molar-refractivity contribution in [1.29, 1.82) is 0 Å². The summed E-state index contributed by atoms with van der Waals surface area (Å²) in [6.45, 7) is 9.46. The number of nitrogens with one attached hydrogen (secondary N) is 3. The molecule has 4 N–H and O–H groups in total. The predicted octanol–water partition coefficient (Wildman–Crippen LogP) is 6.52. The molecular weight excluding hydrogens is 711 g/mol. The van der Waals surface area contributed by atoms with E-state index < -0.39 is 42.2 Å². The lowest BCUT2D eigenvalue weighted by atomic mass is 9.86. The third-order valence-electron chi connectivity index (χ3n) is 9.26. The van der Waals surface area contributed by atoms with Crippen LogP contribution in [0.3, 0.4) is 0 Å². The number of hydrogen-bond donors (Lipinski definition) is 4. The first kappa shape index (κ1) is 43.1. The van der Waals surface area contributed by atoms with Crippen LogP contribution in [-0.2, 0) is 31.0 Å². The van der Waals surface area contributed by atoms with E-state index in [2.05, 4.69) is 53.6 Å². The number of carboxylic acids is 1. The van der Waals surface area contributed by atoms with Crippen molar-refractivity contribution < 1.29 is 33.8 Å². The van der Waals surface area contributed by atoms with Gasteiger partial charge in [0.2, 0.25) is 11.8 Å². The van der Waals surface area contributed by atoms with E-state index in [9.17, 15) is 24.3 Å². The highest BCUT2D eigenvalue weighted by Gasteiger charge is 2.29. The summed E-state index contributed by atoms with van der Waals surface area (Å²) in [7, 11) is 1.47. The van der Waals surface area contributed by atoms with Gasteiger partial charge < -0.3 is 30.5 Å². The molecule has 4 rings (SSSR count). The third-order valence-corrected chi connectivity index (χ3v) is 9.26. The molecule has 0 saturated heterocycles. The number of benzene rings is 3. The molecule has 0 aliphatic heterocycles. The van der Waals surface area contributed by atoms with Gasteiger partial charge in [0, 0.05) is 49.2 Å². The van der Waals surface area contributed by atoms with Gasteiger partial charge in [-0.25, -0.2) is 9.97 Å². The maximum absolute atomic E-state index is 13.7. The Hall–Kier alpha value is -5.62. The number of aliphatic carboxylic acids is 1. The minimum Gasteiger partial charge on any atom is -0.494 e. The molecule has 0 spiro atoms. The fraction of sp³-hybridized carbons (Fsp3) is 0.409. The summed E-state index contributed by atoms with van der Waals surface area (Å²) in [5.74, 6) is -1.79. The number of carbonyl (C=O) groups excluding carboxylic acids is 3. The summed E-state index contributed by atoms with van der Waals surface area (Å²) in [4.78, 5) is 60.8. The van der Waals surface area contributed by atoms with E-state index in [0.29, 0.717) is 23.6 Å². The second kappa shape index (κ2) is 21.5. The molecule has 2 unspecified atom stereocenters. The van der Waals surface area contributed by atoms with E-state index in [-0.39, 0.29) is 25.0 Å². The van der Waals surface area contributed by atoms with Gasteiger partial charge in [0.15, 0.2) is 5.82 Å². The number of hydrogen-bond acceptors (Lipinski definition) is 8. The van der Waals surface area contributed by atoms with Gasteiger partial charge in [-0.1, -0.05) is 102 Å². The van der Waals surface area contributed by atoms with Crippen LogP contribution in [0.25, 0.3) is 22.5 Å². The molecule has 0 aliphatic rings. The first-order chi connectivity index (χ1) is 26.9. The van der Waals surface area contributed by atoms with Gasteiger partial charge in [0.05, 0.1) is 19.6 Å². The van der Waals surface area contributed by atoms with Crippen LogP contribution in [0.1, 0.15) is 87.7 Å². The van der Waals surface area contributed by atoms with E-state index in [1.807, 2.05) is 60.7 Å². The number of amides is 3. The summed E-state index contributed by atoms with van der Waals surface area (Å²) in [6, 6.07) is 19.8. The summed E-state index contributed by atoms with van der Waals surface area (Å²) in [5.41, 5.74) is 4.57. The number of rotatable bonds is 21. The molecule has 2 atom stereocenters. The van der Waals surface area contributed by atoms with E-state index in [4.69, 9.17) is 9.47 Å². The molecule has 0 radical (unpaired) electrons. The first-order valence-electron chi connectivity index (χ1n) is 19.2. The monoisotopic (exact) mass is 765 g/mol. The highest BCUT2D eigenvalue weighted by Crippen LogP contribution is 2.25. The fourth-order valence-electron chi connectivity index (χ4n) is 5.92. The summed E-state index contributed by atoms with van der Waals surface area (Å²) in [6.07, 6.45) is 8.88. The Kier molecular flexibility index (Phi) is 16.5. The molecule has 12 nitrogen and oxygen atoms in total. The second-order valence-corrected chi connectivity index (χ2v) is 14.8. The van der Waals surface area contributed by atoms with Crippen molar-refractivity contribution in [2.45, 2.75) is 90.1 Å². The predicted molar refractivity (Wildman–Crippen MR) is 216 cm³/mol. The van der Waals surface area contributed by atoms with Crippen molar-refractivity contribution in [2.75, 3.05) is 26.9 Å². The van der Waals surface area contributed by atoms with Gasteiger partial charge in [-0.15, -0.1) is 0 Å². The summed E-state index contributed by atoms with van der Waals surface area (Å²) >= 11 is 0. The Morgan fingerprint density at radius 2 is 1.38 bits per heavy atom. The number of carbonyl (C=O) groups is 4. The minimum atomic E-state index is -1.37. The second-order valence-electron chi connectivity index (χ2n) is 14.8. The van der Waals surface area contributed by atoms with Crippen LogP contribution in [0.4, 0.5) is 0 Å². The molecule has 3 aromatic carbocycles. The molecule has 0 fully saturated rings. The third kappa shape index (κ3) is 13.6. The van der Waals surface area contributed by atoms with Crippen molar-refractivity contribution in [3.05, 3.63) is 102 Å². The fourth-order valence-corrected chi connectivity index (χ4v) is 5.92. The largest absolute Gasteiger partial charge is 0.494 e. The SMILES string of the molecule is CCCCCCCOc1ccc(-c2cnc(-c3ccc(CC(NC(=O)c4ccc(C(C)(C)C)cc4)C(=O)NC(CC(=O)O)C(=O)NCCOC)cc3)nc2)cc1. The molecule has 0 bridgehead atoms. The quantitative estimate of drug-likeness (QED) is 0.0691. The van der Waals surface area contributed by atoms with E-state index in [0.717, 1.165) is 34.4 Å². The maximum Gasteiger partial charge on any atom is 0.305 e. The van der Waals surface area contributed by atoms with Crippen molar-refractivity contribution in [1.82, 2.24) is 25.9 Å². The first-order valence-corrected chi connectivity index (χ1v) is 19.2. The van der Waals surface area contributed by atoms with E-state index >= 15 is 0 Å². The smallest absolute Gasteiger partial charge is 0.305 e. The minimum absolute atomic E-state index is 0.0569. The van der Waals surface area contributed by atoms with E-state index in [1.54, 1.807) is 24.5 Å². The molecule has 298 valence electrons. The van der Waals surface area contributed by atoms with Gasteiger partial charge in [0.25, 0.3) is 5.91 Å². The average Bonchev–Trinajstić information content (AvgIpc) is 3.19. The van der Waals surface area contributed by atoms with Gasteiger partial charge in [0.1, 0.15) is 17.8 Å². The van der Waals surface area contributed by atoms with Crippen molar-refractivity contribution in [3.8, 4) is 28.3 Å². The standard InChI is InChI=1S/C44H55N5O7/c1-6-7-8-9-10-24-56-36-21-17-31(18-22-36)34-28-46-40(47-29-34)32-13-11-30(12-14-32)26-37(48-41(52)33-15-19-35(20-16-33)44(2,3)4)43(54)49-38(27-39(50)51)42(53)45-23-25-55-5/h11-22,28-29,37-38H,6-10,23-27H2,1-5H3,(H,45,53)(H,48,52)(H,49,54)(H,50,51). The number of nitrogens with zero attached hydrogens (tertiary/aromatic N) is 2. The number of ether oxygens (including phenoxy) is 2. The Bertz CT molecular complexity index is 1860. The van der Waals surface area contributed by atoms with Crippen LogP contribution in [0.5, 0.6) is 5.75 Å². The number of aromatic nitrogens is 2. The zero-order valence-electron chi connectivity index (χ0n) is 33.1. The highest BCUT2D eigenvalue weighted by atomic mass is 16.5. The number of methoxy groups -OCH3 is 1. The van der Waals surface area contributed by atoms with Crippen LogP contribution in [0.2, 0.25) is 0 Å². The number of carboxylic acid groups (broad SMARTS) is 1. The lowest BCUT2D eigenvalue weighted by molar-refractivity contribution is -0.140. The Balaban J connectivity index is 1.46. The normalized spacial score (nSPS) is 12.3. The van der Waals surface area contributed by atoms with Crippen LogP contribution < -0.4 is 20.7 Å². The van der Waals surface area contributed by atoms with Gasteiger partial charge >= 0.3 is 5.97 Å². The molecule has 1 aromatic heterocycles.